The number of ether oxygens (including phenoxy) is 1. The quantitative estimate of drug-likeness (QED) is 0.851. The van der Waals surface area contributed by atoms with Crippen molar-refractivity contribution in [3.8, 4) is 5.75 Å². The molecule has 2 aromatic rings. The molecule has 0 aliphatic heterocycles. The number of likely N-dealkylation sites (N-methyl/N-ethyl adjacent to an activating group) is 1. The normalized spacial score (nSPS) is 10.5. The van der Waals surface area contributed by atoms with Crippen LogP contribution in [-0.2, 0) is 17.8 Å². The standard InChI is InChI=1S/C19H24N2O2/c1-13-8-6-7-9-16(13)10-18(22)21(4)12-17-15(3)19(23-5)14(2)11-20-17/h6-9,11H,10,12H2,1-5H3. The molecule has 0 fully saturated rings. The molecular weight excluding hydrogens is 288 g/mol. The van der Waals surface area contributed by atoms with Gasteiger partial charge < -0.3 is 9.64 Å². The van der Waals surface area contributed by atoms with E-state index in [1.807, 2.05) is 52.1 Å². The fourth-order valence-electron chi connectivity index (χ4n) is 2.65. The van der Waals surface area contributed by atoms with Gasteiger partial charge in [-0.05, 0) is 31.9 Å². The van der Waals surface area contributed by atoms with Crippen molar-refractivity contribution in [2.24, 2.45) is 0 Å². The van der Waals surface area contributed by atoms with Crippen molar-refractivity contribution >= 4 is 5.91 Å². The Kier molecular flexibility index (Phi) is 5.37. The van der Waals surface area contributed by atoms with Crippen LogP contribution in [0.3, 0.4) is 0 Å². The second kappa shape index (κ2) is 7.27. The van der Waals surface area contributed by atoms with Crippen molar-refractivity contribution in [3.05, 3.63) is 58.4 Å². The van der Waals surface area contributed by atoms with E-state index < -0.39 is 0 Å². The molecule has 0 unspecified atom stereocenters. The molecule has 0 spiro atoms. The van der Waals surface area contributed by atoms with Gasteiger partial charge in [0.25, 0.3) is 0 Å². The summed E-state index contributed by atoms with van der Waals surface area (Å²) in [6, 6.07) is 7.98. The van der Waals surface area contributed by atoms with Crippen LogP contribution in [0.15, 0.2) is 30.5 Å². The largest absolute Gasteiger partial charge is 0.496 e. The minimum Gasteiger partial charge on any atom is -0.496 e. The molecule has 1 aromatic carbocycles. The van der Waals surface area contributed by atoms with Crippen LogP contribution in [0.5, 0.6) is 5.75 Å². The maximum absolute atomic E-state index is 12.5. The minimum atomic E-state index is 0.0834. The summed E-state index contributed by atoms with van der Waals surface area (Å²) in [6.45, 7) is 6.45. The molecule has 4 heteroatoms. The molecule has 1 aromatic heterocycles. The van der Waals surface area contributed by atoms with E-state index in [1.54, 1.807) is 18.2 Å². The van der Waals surface area contributed by atoms with E-state index >= 15 is 0 Å². The Bertz CT molecular complexity index is 711. The Morgan fingerprint density at radius 2 is 1.87 bits per heavy atom. The third kappa shape index (κ3) is 3.89. The number of hydrogen-bond acceptors (Lipinski definition) is 3. The summed E-state index contributed by atoms with van der Waals surface area (Å²) in [7, 11) is 3.47. The van der Waals surface area contributed by atoms with Gasteiger partial charge in [0.2, 0.25) is 5.91 Å². The number of aromatic nitrogens is 1. The molecule has 23 heavy (non-hydrogen) atoms. The summed E-state index contributed by atoms with van der Waals surface area (Å²) in [5.41, 5.74) is 5.06. The van der Waals surface area contributed by atoms with Gasteiger partial charge in [0.15, 0.2) is 0 Å². The number of pyridine rings is 1. The molecule has 0 N–H and O–H groups in total. The van der Waals surface area contributed by atoms with Gasteiger partial charge in [-0.15, -0.1) is 0 Å². The monoisotopic (exact) mass is 312 g/mol. The van der Waals surface area contributed by atoms with Crippen LogP contribution in [0, 0.1) is 20.8 Å². The maximum atomic E-state index is 12.5. The Labute approximate surface area is 138 Å². The van der Waals surface area contributed by atoms with E-state index in [9.17, 15) is 4.79 Å². The van der Waals surface area contributed by atoms with Crippen molar-refractivity contribution in [1.82, 2.24) is 9.88 Å². The second-order valence-electron chi connectivity index (χ2n) is 5.90. The molecule has 1 amide bonds. The lowest BCUT2D eigenvalue weighted by atomic mass is 10.1. The number of benzene rings is 1. The van der Waals surface area contributed by atoms with Gasteiger partial charge in [-0.3, -0.25) is 9.78 Å². The van der Waals surface area contributed by atoms with E-state index in [4.69, 9.17) is 4.74 Å². The van der Waals surface area contributed by atoms with Gasteiger partial charge >= 0.3 is 0 Å². The lowest BCUT2D eigenvalue weighted by molar-refractivity contribution is -0.129. The topological polar surface area (TPSA) is 42.4 Å². The third-order valence-electron chi connectivity index (χ3n) is 4.17. The molecule has 122 valence electrons. The van der Waals surface area contributed by atoms with Gasteiger partial charge in [-0.1, -0.05) is 24.3 Å². The smallest absolute Gasteiger partial charge is 0.227 e. The highest BCUT2D eigenvalue weighted by molar-refractivity contribution is 5.78. The highest BCUT2D eigenvalue weighted by Gasteiger charge is 2.15. The molecule has 1 heterocycles. The first-order valence-corrected chi connectivity index (χ1v) is 7.71. The lowest BCUT2D eigenvalue weighted by Gasteiger charge is -2.20. The van der Waals surface area contributed by atoms with E-state index in [2.05, 4.69) is 4.98 Å². The van der Waals surface area contributed by atoms with Crippen molar-refractivity contribution in [1.29, 1.82) is 0 Å². The number of hydrogen-bond donors (Lipinski definition) is 0. The Balaban J connectivity index is 2.11. The van der Waals surface area contributed by atoms with Crippen LogP contribution < -0.4 is 4.74 Å². The van der Waals surface area contributed by atoms with Crippen molar-refractivity contribution < 1.29 is 9.53 Å². The van der Waals surface area contributed by atoms with Crippen molar-refractivity contribution in [2.45, 2.75) is 33.7 Å². The Hall–Kier alpha value is -2.36. The first kappa shape index (κ1) is 17.0. The first-order valence-electron chi connectivity index (χ1n) is 7.71. The Morgan fingerprint density at radius 1 is 1.17 bits per heavy atom. The van der Waals surface area contributed by atoms with E-state index in [-0.39, 0.29) is 5.91 Å². The summed E-state index contributed by atoms with van der Waals surface area (Å²) in [6.07, 6.45) is 2.20. The highest BCUT2D eigenvalue weighted by Crippen LogP contribution is 2.24. The number of methoxy groups -OCH3 is 1. The van der Waals surface area contributed by atoms with Crippen LogP contribution in [-0.4, -0.2) is 29.9 Å². The van der Waals surface area contributed by atoms with Crippen molar-refractivity contribution in [2.75, 3.05) is 14.2 Å². The van der Waals surface area contributed by atoms with E-state index in [1.165, 1.54) is 0 Å². The summed E-state index contributed by atoms with van der Waals surface area (Å²) < 4.78 is 5.43. The summed E-state index contributed by atoms with van der Waals surface area (Å²) in [5, 5.41) is 0. The molecule has 2 rings (SSSR count). The molecule has 0 bridgehead atoms. The highest BCUT2D eigenvalue weighted by atomic mass is 16.5. The third-order valence-corrected chi connectivity index (χ3v) is 4.17. The predicted octanol–water partition coefficient (Wildman–Crippen LogP) is 3.22. The van der Waals surface area contributed by atoms with Gasteiger partial charge in [-0.25, -0.2) is 0 Å². The summed E-state index contributed by atoms with van der Waals surface area (Å²) in [4.78, 5) is 18.6. The number of carbonyl (C=O) groups is 1. The number of carbonyl (C=O) groups excluding carboxylic acids is 1. The predicted molar refractivity (Wildman–Crippen MR) is 91.6 cm³/mol. The van der Waals surface area contributed by atoms with Crippen LogP contribution in [0.2, 0.25) is 0 Å². The summed E-state index contributed by atoms with van der Waals surface area (Å²) in [5.74, 6) is 0.926. The number of amides is 1. The average Bonchev–Trinajstić information content (AvgIpc) is 2.52. The first-order chi connectivity index (χ1) is 10.9. The van der Waals surface area contributed by atoms with E-state index in [0.717, 1.165) is 33.7 Å². The zero-order chi connectivity index (χ0) is 17.0. The Morgan fingerprint density at radius 3 is 2.52 bits per heavy atom. The zero-order valence-corrected chi connectivity index (χ0v) is 14.5. The average molecular weight is 312 g/mol. The van der Waals surface area contributed by atoms with Crippen LogP contribution >= 0.6 is 0 Å². The molecule has 4 nitrogen and oxygen atoms in total. The van der Waals surface area contributed by atoms with Gasteiger partial charge in [0, 0.05) is 24.4 Å². The molecule has 0 radical (unpaired) electrons. The minimum absolute atomic E-state index is 0.0834. The molecular formula is C19H24N2O2. The van der Waals surface area contributed by atoms with E-state index in [0.29, 0.717) is 13.0 Å². The number of rotatable bonds is 5. The van der Waals surface area contributed by atoms with Crippen LogP contribution in [0.25, 0.3) is 0 Å². The second-order valence-corrected chi connectivity index (χ2v) is 5.90. The van der Waals surface area contributed by atoms with Crippen molar-refractivity contribution in [3.63, 3.8) is 0 Å². The van der Waals surface area contributed by atoms with Crippen LogP contribution in [0.1, 0.15) is 27.9 Å². The number of nitrogens with zero attached hydrogens (tertiary/aromatic N) is 2. The molecule has 0 atom stereocenters. The fraction of sp³-hybridized carbons (Fsp3) is 0.368. The molecule has 0 aliphatic carbocycles. The fourth-order valence-corrected chi connectivity index (χ4v) is 2.65. The van der Waals surface area contributed by atoms with Crippen LogP contribution in [0.4, 0.5) is 0 Å². The maximum Gasteiger partial charge on any atom is 0.227 e. The number of aryl methyl sites for hydroxylation is 2. The summed E-state index contributed by atoms with van der Waals surface area (Å²) >= 11 is 0. The lowest BCUT2D eigenvalue weighted by Crippen LogP contribution is -2.28. The van der Waals surface area contributed by atoms with Gasteiger partial charge in [-0.2, -0.15) is 0 Å². The zero-order valence-electron chi connectivity index (χ0n) is 14.5. The van der Waals surface area contributed by atoms with Gasteiger partial charge in [0.1, 0.15) is 5.75 Å². The van der Waals surface area contributed by atoms with Gasteiger partial charge in [0.05, 0.1) is 25.8 Å². The molecule has 0 saturated heterocycles. The molecule has 0 aliphatic rings. The SMILES string of the molecule is COc1c(C)cnc(CN(C)C(=O)Cc2ccccc2C)c1C. The molecule has 0 saturated carbocycles.